The van der Waals surface area contributed by atoms with Crippen molar-refractivity contribution >= 4 is 63.5 Å². The number of amides is 2. The Labute approximate surface area is 506 Å². The molecule has 2 atom stereocenters. The Morgan fingerprint density at radius 2 is 1.13 bits per heavy atom. The van der Waals surface area contributed by atoms with Crippen LogP contribution in [0.1, 0.15) is 56.3 Å². The lowest BCUT2D eigenvalue weighted by atomic mass is 9.77. The summed E-state index contributed by atoms with van der Waals surface area (Å²) in [6, 6.07) is 77.8. The van der Waals surface area contributed by atoms with Crippen molar-refractivity contribution in [2.24, 2.45) is 5.16 Å². The molecule has 4 heterocycles. The fourth-order valence-corrected chi connectivity index (χ4v) is 13.8. The van der Waals surface area contributed by atoms with Crippen LogP contribution in [0.4, 0.5) is 5.13 Å². The highest BCUT2D eigenvalue weighted by Crippen LogP contribution is 2.45. The van der Waals surface area contributed by atoms with Crippen molar-refractivity contribution in [3.05, 3.63) is 332 Å². The molecule has 12 rings (SSSR count). The summed E-state index contributed by atoms with van der Waals surface area (Å²) >= 11 is 4.20. The van der Waals surface area contributed by atoms with Gasteiger partial charge < -0.3 is 20.2 Å². The van der Waals surface area contributed by atoms with Crippen molar-refractivity contribution in [3.63, 3.8) is 0 Å². The Morgan fingerprint density at radius 3 is 1.59 bits per heavy atom. The van der Waals surface area contributed by atoms with Crippen molar-refractivity contribution in [1.82, 2.24) is 30.8 Å². The number of nitrogens with zero attached hydrogens (tertiary/aromatic N) is 5. The molecule has 8 aromatic carbocycles. The van der Waals surface area contributed by atoms with Crippen LogP contribution in [-0.4, -0.2) is 74.7 Å². The number of anilines is 1. The number of β-lactam (4-membered cyclic amide) rings is 1. The van der Waals surface area contributed by atoms with Gasteiger partial charge in [-0.25, -0.2) is 9.78 Å². The van der Waals surface area contributed by atoms with E-state index in [1.54, 1.807) is 5.38 Å². The number of aromatic nitrogens is 1. The molecule has 1 unspecified atom stereocenters. The number of thiazole rings is 1. The van der Waals surface area contributed by atoms with Crippen molar-refractivity contribution in [2.45, 2.75) is 28.7 Å². The van der Waals surface area contributed by atoms with Crippen LogP contribution in [0, 0.1) is 0 Å². The third kappa shape index (κ3) is 11.4. The molecule has 3 aliphatic heterocycles. The molecule has 422 valence electrons. The zero-order chi connectivity index (χ0) is 58.2. The van der Waals surface area contributed by atoms with Gasteiger partial charge in [-0.2, -0.15) is 0 Å². The summed E-state index contributed by atoms with van der Waals surface area (Å²) in [5, 5.41) is 19.9. The first-order valence-electron chi connectivity index (χ1n) is 27.6. The molecule has 13 nitrogen and oxygen atoms in total. The van der Waals surface area contributed by atoms with E-state index in [9.17, 15) is 0 Å². The number of carbonyl (C=O) groups is 3. The number of esters is 1. The van der Waals surface area contributed by atoms with Gasteiger partial charge >= 0.3 is 5.97 Å². The minimum Gasteiger partial charge on any atom is -0.448 e. The van der Waals surface area contributed by atoms with Gasteiger partial charge in [-0.15, -0.1) is 28.6 Å². The number of carbonyl (C=O) groups excluding carboxylic acids is 3. The highest BCUT2D eigenvalue weighted by Gasteiger charge is 2.55. The van der Waals surface area contributed by atoms with Gasteiger partial charge in [0, 0.05) is 48.1 Å². The van der Waals surface area contributed by atoms with Gasteiger partial charge in [0.25, 0.3) is 11.8 Å². The van der Waals surface area contributed by atoms with Crippen LogP contribution in [0.5, 0.6) is 0 Å². The van der Waals surface area contributed by atoms with Gasteiger partial charge in [-0.3, -0.25) is 24.5 Å². The van der Waals surface area contributed by atoms with Crippen LogP contribution >= 0.6 is 34.9 Å². The van der Waals surface area contributed by atoms with E-state index in [2.05, 4.69) is 52.6 Å². The minimum absolute atomic E-state index is 0.0986. The number of benzene rings is 8. The Bertz CT molecular complexity index is 3680. The second-order valence-electron chi connectivity index (χ2n) is 20.3. The molecule has 9 aromatic rings. The third-order valence-electron chi connectivity index (χ3n) is 15.0. The van der Waals surface area contributed by atoms with E-state index in [1.165, 1.54) is 39.8 Å². The first-order chi connectivity index (χ1) is 41.7. The van der Waals surface area contributed by atoms with E-state index in [-0.39, 0.29) is 17.1 Å². The van der Waals surface area contributed by atoms with Crippen LogP contribution < -0.4 is 16.2 Å². The number of thioether (sulfide) groups is 2. The maximum Gasteiger partial charge on any atom is 0.356 e. The summed E-state index contributed by atoms with van der Waals surface area (Å²) in [5.74, 6) is -1.57. The monoisotopic (exact) mass is 1170 g/mol. The lowest BCUT2D eigenvalue weighted by Gasteiger charge is -2.49. The molecule has 0 spiro atoms. The lowest BCUT2D eigenvalue weighted by molar-refractivity contribution is -0.154. The molecular formula is C69H58N8O5S3. The third-order valence-corrected chi connectivity index (χ3v) is 18.0. The molecule has 0 radical (unpaired) electrons. The number of fused-ring (bicyclic) bond motifs is 1. The number of rotatable bonds is 20. The predicted molar refractivity (Wildman–Crippen MR) is 338 cm³/mol. The normalized spacial score (nSPS) is 16.2. The lowest BCUT2D eigenvalue weighted by Crippen LogP contribution is -2.71. The van der Waals surface area contributed by atoms with Gasteiger partial charge in [0.15, 0.2) is 16.9 Å². The number of ether oxygens (including phenoxy) is 1. The average Bonchev–Trinajstić information content (AvgIpc) is 3.46. The molecule has 3 N–H and O–H groups in total. The molecule has 0 bridgehead atoms. The number of hydrogen-bond acceptors (Lipinski definition) is 14. The summed E-state index contributed by atoms with van der Waals surface area (Å²) in [7, 11) is 3.81. The SMILES string of the molecule is CN1C=C(SC=CC2=C(C(=O)OC(c3ccccc3)c3ccccc3)N3C(=O)C(NC(=O)C(=NOC(c4ccccc4)(c4ccccc4)c4ccccc4)c4csc(NC(c5ccccc5)(c5ccccc5)c5ccccc5)n4)[C@@H]3SC2)N(C)N1. The fraction of sp³-hybridized carbons (Fsp3) is 0.116. The van der Waals surface area contributed by atoms with E-state index >= 15 is 14.4 Å². The number of oxime groups is 1. The molecule has 1 saturated heterocycles. The van der Waals surface area contributed by atoms with Crippen LogP contribution in [0.15, 0.2) is 287 Å². The van der Waals surface area contributed by atoms with E-state index in [1.807, 2.05) is 248 Å². The molecule has 0 saturated carbocycles. The minimum atomic E-state index is -1.38. The topological polar surface area (TPSA) is 141 Å². The number of hydrogen-bond donors (Lipinski definition) is 3. The standard InChI is InChI=1S/C69H58N8O5S3/c1-75-45-58(76(2)74-75)83-44-43-50-46-84-65-60(64(79)77(65)61(50)66(80)81-62(48-27-11-3-12-28-48)49-29-13-4-14-30-49)71-63(78)59(73-82-69(54-37-21-8-22-38-54,55-39-23-9-24-40-55)56-41-25-10-26-42-56)57-47-85-67(70-57)72-68(51-31-15-5-16-32-51,52-33-17-6-18-34-52)53-35-19-7-20-36-53/h3-45,47,60,62,65,74H,46H2,1-2H3,(H,70,72)(H,71,78)/t60?,65-/m0/s1. The van der Waals surface area contributed by atoms with E-state index < -0.39 is 46.4 Å². The van der Waals surface area contributed by atoms with Gasteiger partial charge in [0.1, 0.15) is 33.4 Å². The van der Waals surface area contributed by atoms with E-state index in [0.29, 0.717) is 16.5 Å². The van der Waals surface area contributed by atoms with Crippen molar-refractivity contribution in [1.29, 1.82) is 0 Å². The maximum absolute atomic E-state index is 15.6. The molecule has 3 aliphatic rings. The van der Waals surface area contributed by atoms with Gasteiger partial charge in [0.05, 0.1) is 0 Å². The van der Waals surface area contributed by atoms with Gasteiger partial charge in [-0.05, 0) is 44.9 Å². The zero-order valence-corrected chi connectivity index (χ0v) is 48.8. The molecule has 16 heteroatoms. The summed E-state index contributed by atoms with van der Waals surface area (Å²) in [5.41, 5.74) is 8.25. The van der Waals surface area contributed by atoms with Crippen LogP contribution in [-0.2, 0) is 35.1 Å². The first kappa shape index (κ1) is 56.1. The Hall–Kier alpha value is -9.45. The number of nitrogens with one attached hydrogen (secondary N) is 3. The molecule has 2 amide bonds. The first-order valence-corrected chi connectivity index (χ1v) is 30.4. The van der Waals surface area contributed by atoms with Crippen molar-refractivity contribution < 1.29 is 24.0 Å². The van der Waals surface area contributed by atoms with Crippen LogP contribution in [0.3, 0.4) is 0 Å². The highest BCUT2D eigenvalue weighted by molar-refractivity contribution is 8.05. The van der Waals surface area contributed by atoms with E-state index in [0.717, 1.165) is 49.5 Å². The fourth-order valence-electron chi connectivity index (χ4n) is 11.0. The molecule has 1 aromatic heterocycles. The van der Waals surface area contributed by atoms with Gasteiger partial charge in [0.2, 0.25) is 5.60 Å². The Balaban J connectivity index is 0.933. The summed E-state index contributed by atoms with van der Waals surface area (Å²) in [4.78, 5) is 59.4. The zero-order valence-electron chi connectivity index (χ0n) is 46.3. The maximum atomic E-state index is 15.6. The van der Waals surface area contributed by atoms with Crippen molar-refractivity contribution in [3.8, 4) is 0 Å². The van der Waals surface area contributed by atoms with Crippen molar-refractivity contribution in [2.75, 3.05) is 25.2 Å². The van der Waals surface area contributed by atoms with Gasteiger partial charge in [-0.1, -0.05) is 260 Å². The summed E-state index contributed by atoms with van der Waals surface area (Å²) < 4.78 is 6.50. The molecule has 1 fully saturated rings. The quantitative estimate of drug-likeness (QED) is 0.0220. The second kappa shape index (κ2) is 25.2. The van der Waals surface area contributed by atoms with E-state index in [4.69, 9.17) is 19.7 Å². The largest absolute Gasteiger partial charge is 0.448 e. The molecule has 0 aliphatic carbocycles. The summed E-state index contributed by atoms with van der Waals surface area (Å²) in [6.45, 7) is 0. The predicted octanol–water partition coefficient (Wildman–Crippen LogP) is 12.6. The molecular weight excluding hydrogens is 1120 g/mol. The second-order valence-corrected chi connectivity index (χ2v) is 23.2. The number of allylic oxidation sites excluding steroid dienone is 1. The Morgan fingerprint density at radius 1 is 0.671 bits per heavy atom. The van der Waals surface area contributed by atoms with Crippen LogP contribution in [0.2, 0.25) is 0 Å². The highest BCUT2D eigenvalue weighted by atomic mass is 32.2. The van der Waals surface area contributed by atoms with Crippen LogP contribution in [0.25, 0.3) is 0 Å². The smallest absolute Gasteiger partial charge is 0.356 e. The average molecular weight is 1180 g/mol. The molecule has 85 heavy (non-hydrogen) atoms. The summed E-state index contributed by atoms with van der Waals surface area (Å²) in [6.07, 6.45) is 3.02. The Kier molecular flexibility index (Phi) is 16.6. The number of hydrazine groups is 2.